The maximum Gasteiger partial charge on any atom is 0.416 e. The molecule has 1 aliphatic rings. The van der Waals surface area contributed by atoms with E-state index in [-0.39, 0.29) is 25.0 Å². The second-order valence-electron chi connectivity index (χ2n) is 5.93. The van der Waals surface area contributed by atoms with E-state index >= 15 is 0 Å². The van der Waals surface area contributed by atoms with Gasteiger partial charge in [0.25, 0.3) is 0 Å². The van der Waals surface area contributed by atoms with Gasteiger partial charge < -0.3 is 10.5 Å². The Balaban J connectivity index is 1.62. The molecule has 5 heteroatoms. The van der Waals surface area contributed by atoms with E-state index in [1.165, 1.54) is 4.90 Å². The molecule has 24 heavy (non-hydrogen) atoms. The molecule has 1 aliphatic heterocycles. The minimum absolute atomic E-state index is 0.199. The summed E-state index contributed by atoms with van der Waals surface area (Å²) >= 11 is 0. The smallest absolute Gasteiger partial charge is 0.416 e. The number of carbonyl (C=O) groups is 2. The number of anilines is 1. The summed E-state index contributed by atoms with van der Waals surface area (Å²) in [4.78, 5) is 25.7. The average Bonchev–Trinajstić information content (AvgIpc) is 2.95. The SMILES string of the molecule is Nc1ccc(CCC(=O)N2C(=O)OC[C@@H]2Cc2ccccc2)cc1. The Morgan fingerprint density at radius 3 is 2.50 bits per heavy atom. The molecule has 124 valence electrons. The number of imide groups is 1. The van der Waals surface area contributed by atoms with Crippen molar-refractivity contribution in [2.75, 3.05) is 12.3 Å². The van der Waals surface area contributed by atoms with Crippen molar-refractivity contribution in [3.8, 4) is 0 Å². The van der Waals surface area contributed by atoms with E-state index in [0.29, 0.717) is 18.5 Å². The Morgan fingerprint density at radius 2 is 1.79 bits per heavy atom. The number of amides is 2. The standard InChI is InChI=1S/C19H20N2O3/c20-16-9-6-14(7-10-16)8-11-18(22)21-17(13-24-19(21)23)12-15-4-2-1-3-5-15/h1-7,9-10,17H,8,11-13,20H2/t17-/m0/s1. The molecule has 0 unspecified atom stereocenters. The quantitative estimate of drug-likeness (QED) is 0.858. The van der Waals surface area contributed by atoms with Crippen LogP contribution in [0.15, 0.2) is 54.6 Å². The van der Waals surface area contributed by atoms with Gasteiger partial charge in [0.15, 0.2) is 0 Å². The minimum Gasteiger partial charge on any atom is -0.447 e. The van der Waals surface area contributed by atoms with Gasteiger partial charge in [-0.05, 0) is 36.1 Å². The zero-order valence-electron chi connectivity index (χ0n) is 13.4. The number of benzene rings is 2. The first kappa shape index (κ1) is 16.1. The number of cyclic esters (lactones) is 1. The van der Waals surface area contributed by atoms with E-state index in [1.807, 2.05) is 54.6 Å². The van der Waals surface area contributed by atoms with Crippen molar-refractivity contribution in [2.45, 2.75) is 25.3 Å². The Hall–Kier alpha value is -2.82. The maximum atomic E-state index is 12.5. The normalized spacial score (nSPS) is 16.9. The first-order chi connectivity index (χ1) is 11.6. The molecular formula is C19H20N2O3. The minimum atomic E-state index is -0.543. The van der Waals surface area contributed by atoms with Gasteiger partial charge in [0.1, 0.15) is 6.61 Å². The van der Waals surface area contributed by atoms with Crippen molar-refractivity contribution >= 4 is 17.7 Å². The fourth-order valence-corrected chi connectivity index (χ4v) is 2.86. The molecule has 1 fully saturated rings. The van der Waals surface area contributed by atoms with E-state index in [1.54, 1.807) is 0 Å². The van der Waals surface area contributed by atoms with Gasteiger partial charge in [-0.1, -0.05) is 42.5 Å². The van der Waals surface area contributed by atoms with Crippen LogP contribution < -0.4 is 5.73 Å². The van der Waals surface area contributed by atoms with E-state index in [2.05, 4.69) is 0 Å². The predicted octanol–water partition coefficient (Wildman–Crippen LogP) is 2.79. The first-order valence-corrected chi connectivity index (χ1v) is 8.00. The highest BCUT2D eigenvalue weighted by atomic mass is 16.6. The molecule has 5 nitrogen and oxygen atoms in total. The molecule has 0 radical (unpaired) electrons. The van der Waals surface area contributed by atoms with Crippen molar-refractivity contribution in [2.24, 2.45) is 0 Å². The van der Waals surface area contributed by atoms with E-state index in [0.717, 1.165) is 11.1 Å². The van der Waals surface area contributed by atoms with Gasteiger partial charge in [-0.2, -0.15) is 0 Å². The summed E-state index contributed by atoms with van der Waals surface area (Å²) in [5.74, 6) is -0.199. The van der Waals surface area contributed by atoms with Gasteiger partial charge in [-0.15, -0.1) is 0 Å². The Labute approximate surface area is 141 Å². The van der Waals surface area contributed by atoms with Gasteiger partial charge in [-0.3, -0.25) is 4.79 Å². The maximum absolute atomic E-state index is 12.5. The van der Waals surface area contributed by atoms with Gasteiger partial charge in [0, 0.05) is 12.1 Å². The van der Waals surface area contributed by atoms with E-state index in [9.17, 15) is 9.59 Å². The summed E-state index contributed by atoms with van der Waals surface area (Å²) in [7, 11) is 0. The van der Waals surface area contributed by atoms with Crippen LogP contribution in [0.1, 0.15) is 17.5 Å². The lowest BCUT2D eigenvalue weighted by molar-refractivity contribution is -0.129. The number of aryl methyl sites for hydroxylation is 1. The zero-order chi connectivity index (χ0) is 16.9. The molecule has 0 bridgehead atoms. The van der Waals surface area contributed by atoms with Crippen molar-refractivity contribution in [3.63, 3.8) is 0 Å². The van der Waals surface area contributed by atoms with Crippen molar-refractivity contribution in [3.05, 3.63) is 65.7 Å². The highest BCUT2D eigenvalue weighted by Gasteiger charge is 2.37. The van der Waals surface area contributed by atoms with Crippen LogP contribution in [0.4, 0.5) is 10.5 Å². The number of nitrogen functional groups attached to an aromatic ring is 1. The molecule has 2 aromatic carbocycles. The summed E-state index contributed by atoms with van der Waals surface area (Å²) in [6.45, 7) is 0.251. The van der Waals surface area contributed by atoms with Crippen LogP contribution in [0.2, 0.25) is 0 Å². The predicted molar refractivity (Wildman–Crippen MR) is 91.3 cm³/mol. The number of hydrogen-bond acceptors (Lipinski definition) is 4. The highest BCUT2D eigenvalue weighted by Crippen LogP contribution is 2.19. The largest absolute Gasteiger partial charge is 0.447 e. The third-order valence-corrected chi connectivity index (χ3v) is 4.15. The number of ether oxygens (including phenoxy) is 1. The molecule has 1 atom stereocenters. The summed E-state index contributed by atoms with van der Waals surface area (Å²) in [6.07, 6.45) is 0.907. The Kier molecular flexibility index (Phi) is 4.79. The summed E-state index contributed by atoms with van der Waals surface area (Å²) in [5, 5.41) is 0. The molecule has 2 amide bonds. The fraction of sp³-hybridized carbons (Fsp3) is 0.263. The van der Waals surface area contributed by atoms with Crippen molar-refractivity contribution in [1.82, 2.24) is 4.90 Å². The Bertz CT molecular complexity index is 713. The number of nitrogens with two attached hydrogens (primary N) is 1. The van der Waals surface area contributed by atoms with Gasteiger partial charge >= 0.3 is 6.09 Å². The lowest BCUT2D eigenvalue weighted by atomic mass is 10.0. The molecule has 0 spiro atoms. The lowest BCUT2D eigenvalue weighted by Crippen LogP contribution is -2.40. The molecular weight excluding hydrogens is 304 g/mol. The monoisotopic (exact) mass is 324 g/mol. The molecule has 3 rings (SSSR count). The topological polar surface area (TPSA) is 72.6 Å². The highest BCUT2D eigenvalue weighted by molar-refractivity contribution is 5.93. The van der Waals surface area contributed by atoms with Crippen LogP contribution in [0, 0.1) is 0 Å². The number of carbonyl (C=O) groups excluding carboxylic acids is 2. The van der Waals surface area contributed by atoms with Crippen LogP contribution in [0.25, 0.3) is 0 Å². The van der Waals surface area contributed by atoms with Gasteiger partial charge in [0.2, 0.25) is 5.91 Å². The second-order valence-corrected chi connectivity index (χ2v) is 5.93. The molecule has 1 saturated heterocycles. The molecule has 1 heterocycles. The first-order valence-electron chi connectivity index (χ1n) is 8.00. The lowest BCUT2D eigenvalue weighted by Gasteiger charge is -2.19. The van der Waals surface area contributed by atoms with Crippen molar-refractivity contribution in [1.29, 1.82) is 0 Å². The number of hydrogen-bond donors (Lipinski definition) is 1. The summed E-state index contributed by atoms with van der Waals surface area (Å²) < 4.78 is 5.09. The molecule has 2 N–H and O–H groups in total. The second kappa shape index (κ2) is 7.17. The summed E-state index contributed by atoms with van der Waals surface area (Å²) in [5.41, 5.74) is 8.45. The van der Waals surface area contributed by atoms with Crippen LogP contribution in [0.5, 0.6) is 0 Å². The number of rotatable bonds is 5. The average molecular weight is 324 g/mol. The third-order valence-electron chi connectivity index (χ3n) is 4.15. The van der Waals surface area contributed by atoms with Crippen molar-refractivity contribution < 1.29 is 14.3 Å². The van der Waals surface area contributed by atoms with E-state index in [4.69, 9.17) is 10.5 Å². The van der Waals surface area contributed by atoms with Crippen LogP contribution in [0.3, 0.4) is 0 Å². The summed E-state index contributed by atoms with van der Waals surface area (Å²) in [6, 6.07) is 17.0. The Morgan fingerprint density at radius 1 is 1.08 bits per heavy atom. The van der Waals surface area contributed by atoms with E-state index < -0.39 is 6.09 Å². The van der Waals surface area contributed by atoms with Crippen LogP contribution in [-0.4, -0.2) is 29.5 Å². The molecule has 0 aliphatic carbocycles. The van der Waals surface area contributed by atoms with Gasteiger partial charge in [-0.25, -0.2) is 9.69 Å². The molecule has 0 aromatic heterocycles. The fourth-order valence-electron chi connectivity index (χ4n) is 2.86. The third kappa shape index (κ3) is 3.74. The molecule has 2 aromatic rings. The number of nitrogens with zero attached hydrogens (tertiary/aromatic N) is 1. The zero-order valence-corrected chi connectivity index (χ0v) is 13.4. The van der Waals surface area contributed by atoms with Crippen LogP contribution >= 0.6 is 0 Å². The molecule has 0 saturated carbocycles. The van der Waals surface area contributed by atoms with Gasteiger partial charge in [0.05, 0.1) is 6.04 Å². The van der Waals surface area contributed by atoms with Crippen LogP contribution in [-0.2, 0) is 22.4 Å².